The predicted molar refractivity (Wildman–Crippen MR) is 89.7 cm³/mol. The molecule has 7 heteroatoms. The van der Waals surface area contributed by atoms with Crippen molar-refractivity contribution in [1.82, 2.24) is 10.2 Å². The lowest BCUT2D eigenvalue weighted by Gasteiger charge is -2.35. The van der Waals surface area contributed by atoms with E-state index in [0.717, 1.165) is 37.1 Å². The van der Waals surface area contributed by atoms with Crippen molar-refractivity contribution >= 4 is 27.3 Å². The van der Waals surface area contributed by atoms with E-state index in [2.05, 4.69) is 26.1 Å². The molecule has 1 saturated heterocycles. The second kappa shape index (κ2) is 6.93. The van der Waals surface area contributed by atoms with Gasteiger partial charge in [-0.3, -0.25) is 4.90 Å². The molecule has 0 saturated carbocycles. The van der Waals surface area contributed by atoms with Gasteiger partial charge >= 0.3 is 6.18 Å². The highest BCUT2D eigenvalue weighted by Crippen LogP contribution is 2.39. The first kappa shape index (κ1) is 17.0. The van der Waals surface area contributed by atoms with Gasteiger partial charge in [0.2, 0.25) is 0 Å². The van der Waals surface area contributed by atoms with Crippen LogP contribution < -0.4 is 5.32 Å². The minimum absolute atomic E-state index is 0.159. The van der Waals surface area contributed by atoms with E-state index in [1.165, 1.54) is 12.1 Å². The summed E-state index contributed by atoms with van der Waals surface area (Å²) >= 11 is 5.02. The normalized spacial score (nSPS) is 18.1. The highest BCUT2D eigenvalue weighted by Gasteiger charge is 2.33. The van der Waals surface area contributed by atoms with E-state index in [1.54, 1.807) is 11.3 Å². The van der Waals surface area contributed by atoms with Crippen LogP contribution in [-0.2, 0) is 6.18 Å². The summed E-state index contributed by atoms with van der Waals surface area (Å²) in [5.74, 6) is 0. The van der Waals surface area contributed by atoms with Gasteiger partial charge in [0, 0.05) is 35.5 Å². The largest absolute Gasteiger partial charge is 0.416 e. The van der Waals surface area contributed by atoms with Crippen LogP contribution >= 0.6 is 27.3 Å². The lowest BCUT2D eigenvalue weighted by Crippen LogP contribution is -2.45. The number of nitrogens with zero attached hydrogens (tertiary/aromatic N) is 1. The molecule has 1 aromatic carbocycles. The lowest BCUT2D eigenvalue weighted by molar-refractivity contribution is -0.137. The Morgan fingerprint density at radius 2 is 1.91 bits per heavy atom. The molecule has 1 aromatic heterocycles. The van der Waals surface area contributed by atoms with Crippen molar-refractivity contribution in [2.75, 3.05) is 26.2 Å². The first-order chi connectivity index (χ1) is 11.0. The summed E-state index contributed by atoms with van der Waals surface area (Å²) in [5, 5.41) is 5.25. The number of rotatable bonds is 3. The topological polar surface area (TPSA) is 15.3 Å². The van der Waals surface area contributed by atoms with E-state index in [4.69, 9.17) is 0 Å². The SMILES string of the molecule is FC(F)(F)c1ccc(Br)c([C@@H](c2cccs2)N2CCNCC2)c1. The Morgan fingerprint density at radius 1 is 1.17 bits per heavy atom. The van der Waals surface area contributed by atoms with Crippen LogP contribution in [0.2, 0.25) is 0 Å². The van der Waals surface area contributed by atoms with Gasteiger partial charge in [0.1, 0.15) is 0 Å². The first-order valence-corrected chi connectivity index (χ1v) is 8.99. The van der Waals surface area contributed by atoms with Crippen molar-refractivity contribution in [3.8, 4) is 0 Å². The standard InChI is InChI=1S/C16H16BrF3N2S/c17-13-4-3-11(16(18,19)20)10-12(13)15(14-2-1-9-23-14)22-7-5-21-6-8-22/h1-4,9-10,15,21H,5-8H2/t15-/m0/s1. The summed E-state index contributed by atoms with van der Waals surface area (Å²) in [7, 11) is 0. The number of piperazine rings is 1. The summed E-state index contributed by atoms with van der Waals surface area (Å²) in [4.78, 5) is 3.30. The van der Waals surface area contributed by atoms with E-state index < -0.39 is 11.7 Å². The maximum Gasteiger partial charge on any atom is 0.416 e. The molecule has 1 aliphatic rings. The smallest absolute Gasteiger partial charge is 0.314 e. The van der Waals surface area contributed by atoms with Gasteiger partial charge in [-0.1, -0.05) is 22.0 Å². The zero-order valence-corrected chi connectivity index (χ0v) is 14.6. The molecule has 1 N–H and O–H groups in total. The van der Waals surface area contributed by atoms with Crippen molar-refractivity contribution in [3.63, 3.8) is 0 Å². The van der Waals surface area contributed by atoms with Gasteiger partial charge < -0.3 is 5.32 Å². The van der Waals surface area contributed by atoms with E-state index in [9.17, 15) is 13.2 Å². The summed E-state index contributed by atoms with van der Waals surface area (Å²) in [6.45, 7) is 3.31. The van der Waals surface area contributed by atoms with Gasteiger partial charge in [-0.25, -0.2) is 0 Å². The molecule has 0 bridgehead atoms. The van der Waals surface area contributed by atoms with Crippen LogP contribution in [-0.4, -0.2) is 31.1 Å². The maximum atomic E-state index is 13.1. The molecule has 0 radical (unpaired) electrons. The van der Waals surface area contributed by atoms with Crippen LogP contribution in [0.1, 0.15) is 22.0 Å². The quantitative estimate of drug-likeness (QED) is 0.808. The Bertz CT molecular complexity index is 652. The van der Waals surface area contributed by atoms with Crippen molar-refractivity contribution in [1.29, 1.82) is 0 Å². The number of benzene rings is 1. The van der Waals surface area contributed by atoms with Crippen LogP contribution in [0.25, 0.3) is 0 Å². The van der Waals surface area contributed by atoms with Gasteiger partial charge in [-0.2, -0.15) is 13.2 Å². The average Bonchev–Trinajstić information content (AvgIpc) is 3.03. The van der Waals surface area contributed by atoms with Crippen LogP contribution in [0.5, 0.6) is 0 Å². The van der Waals surface area contributed by atoms with E-state index >= 15 is 0 Å². The second-order valence-electron chi connectivity index (χ2n) is 5.44. The second-order valence-corrected chi connectivity index (χ2v) is 7.27. The fourth-order valence-electron chi connectivity index (χ4n) is 2.85. The number of nitrogens with one attached hydrogen (secondary N) is 1. The third-order valence-electron chi connectivity index (χ3n) is 3.95. The Balaban J connectivity index is 2.06. The van der Waals surface area contributed by atoms with Gasteiger partial charge in [-0.05, 0) is 35.2 Å². The van der Waals surface area contributed by atoms with Gasteiger partial charge in [0.15, 0.2) is 0 Å². The highest BCUT2D eigenvalue weighted by atomic mass is 79.9. The molecular formula is C16H16BrF3N2S. The molecule has 1 aliphatic heterocycles. The van der Waals surface area contributed by atoms with Gasteiger partial charge in [-0.15, -0.1) is 11.3 Å². The number of halogens is 4. The highest BCUT2D eigenvalue weighted by molar-refractivity contribution is 9.10. The molecule has 0 unspecified atom stereocenters. The molecule has 2 nitrogen and oxygen atoms in total. The van der Waals surface area contributed by atoms with E-state index in [-0.39, 0.29) is 6.04 Å². The third kappa shape index (κ3) is 3.79. The molecule has 3 rings (SSSR count). The van der Waals surface area contributed by atoms with Crippen LogP contribution in [0.4, 0.5) is 13.2 Å². The molecule has 1 atom stereocenters. The van der Waals surface area contributed by atoms with Crippen molar-refractivity contribution in [2.24, 2.45) is 0 Å². The fourth-order valence-corrected chi connectivity index (χ4v) is 4.19. The molecular weight excluding hydrogens is 389 g/mol. The van der Waals surface area contributed by atoms with Crippen LogP contribution in [0.3, 0.4) is 0 Å². The zero-order chi connectivity index (χ0) is 16.4. The Morgan fingerprint density at radius 3 is 2.52 bits per heavy atom. The van der Waals surface area contributed by atoms with Crippen LogP contribution in [0.15, 0.2) is 40.2 Å². The number of hydrogen-bond acceptors (Lipinski definition) is 3. The molecule has 0 spiro atoms. The van der Waals surface area contributed by atoms with Crippen molar-refractivity contribution < 1.29 is 13.2 Å². The Labute approximate surface area is 145 Å². The molecule has 1 fully saturated rings. The first-order valence-electron chi connectivity index (χ1n) is 7.31. The zero-order valence-electron chi connectivity index (χ0n) is 12.2. The minimum Gasteiger partial charge on any atom is -0.314 e. The summed E-state index contributed by atoms with van der Waals surface area (Å²) in [6.07, 6.45) is -4.33. The fraction of sp³-hybridized carbons (Fsp3) is 0.375. The summed E-state index contributed by atoms with van der Waals surface area (Å²) in [6, 6.07) is 7.67. The Hall–Kier alpha value is -0.890. The molecule has 2 aromatic rings. The van der Waals surface area contributed by atoms with E-state index in [0.29, 0.717) is 10.0 Å². The maximum absolute atomic E-state index is 13.1. The average molecular weight is 405 g/mol. The summed E-state index contributed by atoms with van der Waals surface area (Å²) in [5.41, 5.74) is 0.0663. The molecule has 0 amide bonds. The summed E-state index contributed by atoms with van der Waals surface area (Å²) < 4.78 is 40.0. The number of alkyl halides is 3. The molecule has 2 heterocycles. The third-order valence-corrected chi connectivity index (χ3v) is 5.59. The molecule has 23 heavy (non-hydrogen) atoms. The predicted octanol–water partition coefficient (Wildman–Crippen LogP) is 4.52. The van der Waals surface area contributed by atoms with Crippen molar-refractivity contribution in [2.45, 2.75) is 12.2 Å². The molecule has 0 aliphatic carbocycles. The lowest BCUT2D eigenvalue weighted by atomic mass is 10.00. The van der Waals surface area contributed by atoms with E-state index in [1.807, 2.05) is 17.5 Å². The molecule has 124 valence electrons. The van der Waals surface area contributed by atoms with Gasteiger partial charge in [0.25, 0.3) is 0 Å². The monoisotopic (exact) mass is 404 g/mol. The Kier molecular flexibility index (Phi) is 5.10. The minimum atomic E-state index is -4.33. The van der Waals surface area contributed by atoms with Crippen LogP contribution in [0, 0.1) is 0 Å². The number of hydrogen-bond donors (Lipinski definition) is 1. The van der Waals surface area contributed by atoms with Crippen molar-refractivity contribution in [3.05, 3.63) is 56.2 Å². The van der Waals surface area contributed by atoms with Gasteiger partial charge in [0.05, 0.1) is 11.6 Å². The number of thiophene rings is 1.